The minimum Gasteiger partial charge on any atom is -0.493 e. The van der Waals surface area contributed by atoms with Gasteiger partial charge in [-0.1, -0.05) is 15.9 Å². The quantitative estimate of drug-likeness (QED) is 0.915. The van der Waals surface area contributed by atoms with Gasteiger partial charge in [0.05, 0.1) is 20.8 Å². The van der Waals surface area contributed by atoms with Crippen molar-refractivity contribution in [1.82, 2.24) is 4.98 Å². The van der Waals surface area contributed by atoms with E-state index in [0.717, 1.165) is 15.9 Å². The van der Waals surface area contributed by atoms with Crippen LogP contribution in [0.25, 0.3) is 0 Å². The number of nitrogens with one attached hydrogen (secondary N) is 1. The lowest BCUT2D eigenvalue weighted by Crippen LogP contribution is -2.05. The fraction of sp³-hybridized carbons (Fsp3) is 0.214. The zero-order chi connectivity index (χ0) is 13.7. The topological polar surface area (TPSA) is 43.4 Å². The molecule has 100 valence electrons. The molecule has 0 radical (unpaired) electrons. The molecule has 0 fully saturated rings. The summed E-state index contributed by atoms with van der Waals surface area (Å²) >= 11 is 3.41. The van der Waals surface area contributed by atoms with Crippen LogP contribution in [0.15, 0.2) is 41.0 Å². The molecule has 0 amide bonds. The highest BCUT2D eigenvalue weighted by molar-refractivity contribution is 9.10. The van der Waals surface area contributed by atoms with Gasteiger partial charge in [-0.2, -0.15) is 0 Å². The third-order valence-corrected chi connectivity index (χ3v) is 3.20. The molecular formula is C14H15BrN2O2. The molecule has 0 bridgehead atoms. The number of ether oxygens (including phenoxy) is 2. The van der Waals surface area contributed by atoms with Gasteiger partial charge in [0.2, 0.25) is 0 Å². The van der Waals surface area contributed by atoms with E-state index < -0.39 is 0 Å². The smallest absolute Gasteiger partial charge is 0.184 e. The van der Waals surface area contributed by atoms with Crippen LogP contribution in [-0.2, 0) is 6.54 Å². The molecule has 2 rings (SSSR count). The summed E-state index contributed by atoms with van der Waals surface area (Å²) in [5.74, 6) is 1.35. The van der Waals surface area contributed by atoms with Crippen molar-refractivity contribution in [3.63, 3.8) is 0 Å². The molecule has 19 heavy (non-hydrogen) atoms. The standard InChI is InChI=1S/C14H15BrN2O2/c1-18-13-7-8-16-12(14(13)19-2)9-17-11-5-3-10(15)4-6-11/h3-8,17H,9H2,1-2H3. The predicted molar refractivity (Wildman–Crippen MR) is 78.8 cm³/mol. The maximum atomic E-state index is 5.34. The van der Waals surface area contributed by atoms with Gasteiger partial charge in [-0.05, 0) is 24.3 Å². The molecule has 4 nitrogen and oxygen atoms in total. The normalized spacial score (nSPS) is 10.1. The number of aromatic nitrogens is 1. The third kappa shape index (κ3) is 3.38. The molecule has 0 aliphatic carbocycles. The molecule has 0 atom stereocenters. The molecular weight excluding hydrogens is 308 g/mol. The number of pyridine rings is 1. The second kappa shape index (κ2) is 6.43. The lowest BCUT2D eigenvalue weighted by atomic mass is 10.2. The Morgan fingerprint density at radius 2 is 1.84 bits per heavy atom. The summed E-state index contributed by atoms with van der Waals surface area (Å²) in [7, 11) is 3.23. The van der Waals surface area contributed by atoms with Crippen LogP contribution in [0, 0.1) is 0 Å². The Hall–Kier alpha value is -1.75. The van der Waals surface area contributed by atoms with Crippen LogP contribution in [0.3, 0.4) is 0 Å². The zero-order valence-electron chi connectivity index (χ0n) is 10.8. The van der Waals surface area contributed by atoms with Gasteiger partial charge in [-0.15, -0.1) is 0 Å². The molecule has 2 aromatic rings. The first-order valence-electron chi connectivity index (χ1n) is 5.80. The van der Waals surface area contributed by atoms with Gasteiger partial charge in [0, 0.05) is 22.4 Å². The number of methoxy groups -OCH3 is 2. The van der Waals surface area contributed by atoms with Crippen molar-refractivity contribution >= 4 is 21.6 Å². The molecule has 0 saturated heterocycles. The molecule has 1 aromatic heterocycles. The number of rotatable bonds is 5. The summed E-state index contributed by atoms with van der Waals surface area (Å²) in [4.78, 5) is 4.31. The van der Waals surface area contributed by atoms with Gasteiger partial charge < -0.3 is 14.8 Å². The first-order chi connectivity index (χ1) is 9.24. The summed E-state index contributed by atoms with van der Waals surface area (Å²) < 4.78 is 11.6. The Morgan fingerprint density at radius 3 is 2.47 bits per heavy atom. The highest BCUT2D eigenvalue weighted by atomic mass is 79.9. The first kappa shape index (κ1) is 13.7. The molecule has 0 saturated carbocycles. The second-order valence-electron chi connectivity index (χ2n) is 3.85. The molecule has 5 heteroatoms. The molecule has 1 heterocycles. The van der Waals surface area contributed by atoms with Crippen LogP contribution in [0.2, 0.25) is 0 Å². The minimum atomic E-state index is 0.571. The molecule has 0 spiro atoms. The lowest BCUT2D eigenvalue weighted by molar-refractivity contribution is 0.350. The maximum absolute atomic E-state index is 5.34. The van der Waals surface area contributed by atoms with E-state index in [2.05, 4.69) is 26.2 Å². The summed E-state index contributed by atoms with van der Waals surface area (Å²) in [6.07, 6.45) is 1.71. The number of hydrogen-bond donors (Lipinski definition) is 1. The van der Waals surface area contributed by atoms with Crippen LogP contribution >= 0.6 is 15.9 Å². The highest BCUT2D eigenvalue weighted by Gasteiger charge is 2.10. The van der Waals surface area contributed by atoms with Gasteiger partial charge in [0.15, 0.2) is 11.5 Å². The van der Waals surface area contributed by atoms with Crippen LogP contribution in [0.4, 0.5) is 5.69 Å². The summed E-state index contributed by atoms with van der Waals surface area (Å²) in [5, 5.41) is 3.30. The lowest BCUT2D eigenvalue weighted by Gasteiger charge is -2.12. The predicted octanol–water partition coefficient (Wildman–Crippen LogP) is 3.47. The van der Waals surface area contributed by atoms with Crippen molar-refractivity contribution in [3.05, 3.63) is 46.7 Å². The average molecular weight is 323 g/mol. The Balaban J connectivity index is 2.13. The Bertz CT molecular complexity index is 544. The Labute approximate surface area is 120 Å². The molecule has 1 N–H and O–H groups in total. The van der Waals surface area contributed by atoms with Gasteiger partial charge in [-0.3, -0.25) is 4.98 Å². The van der Waals surface area contributed by atoms with E-state index in [0.29, 0.717) is 18.0 Å². The number of nitrogens with zero attached hydrogens (tertiary/aromatic N) is 1. The SMILES string of the molecule is COc1ccnc(CNc2ccc(Br)cc2)c1OC. The molecule has 0 aliphatic heterocycles. The molecule has 0 aliphatic rings. The van der Waals surface area contributed by atoms with E-state index in [4.69, 9.17) is 9.47 Å². The van der Waals surface area contributed by atoms with Crippen molar-refractivity contribution in [2.24, 2.45) is 0 Å². The number of halogens is 1. The average Bonchev–Trinajstić information content (AvgIpc) is 2.46. The van der Waals surface area contributed by atoms with E-state index in [1.54, 1.807) is 26.5 Å². The van der Waals surface area contributed by atoms with Crippen LogP contribution in [0.5, 0.6) is 11.5 Å². The van der Waals surface area contributed by atoms with Gasteiger partial charge in [0.1, 0.15) is 5.69 Å². The number of benzene rings is 1. The van der Waals surface area contributed by atoms with Crippen LogP contribution < -0.4 is 14.8 Å². The van der Waals surface area contributed by atoms with Gasteiger partial charge in [0.25, 0.3) is 0 Å². The third-order valence-electron chi connectivity index (χ3n) is 2.67. The molecule has 0 unspecified atom stereocenters. The minimum absolute atomic E-state index is 0.571. The Kier molecular flexibility index (Phi) is 4.63. The Morgan fingerprint density at radius 1 is 1.11 bits per heavy atom. The number of anilines is 1. The van der Waals surface area contributed by atoms with E-state index in [9.17, 15) is 0 Å². The molecule has 1 aromatic carbocycles. The summed E-state index contributed by atoms with van der Waals surface area (Å²) in [5.41, 5.74) is 1.83. The van der Waals surface area contributed by atoms with Crippen molar-refractivity contribution < 1.29 is 9.47 Å². The van der Waals surface area contributed by atoms with Crippen LogP contribution in [-0.4, -0.2) is 19.2 Å². The second-order valence-corrected chi connectivity index (χ2v) is 4.77. The van der Waals surface area contributed by atoms with Crippen molar-refractivity contribution in [3.8, 4) is 11.5 Å². The fourth-order valence-electron chi connectivity index (χ4n) is 1.73. The summed E-state index contributed by atoms with van der Waals surface area (Å²) in [6, 6.07) is 9.74. The van der Waals surface area contributed by atoms with Crippen molar-refractivity contribution in [2.45, 2.75) is 6.54 Å². The highest BCUT2D eigenvalue weighted by Crippen LogP contribution is 2.29. The summed E-state index contributed by atoms with van der Waals surface area (Å²) in [6.45, 7) is 0.571. The van der Waals surface area contributed by atoms with Gasteiger partial charge in [-0.25, -0.2) is 0 Å². The van der Waals surface area contributed by atoms with Gasteiger partial charge >= 0.3 is 0 Å². The van der Waals surface area contributed by atoms with E-state index in [-0.39, 0.29) is 0 Å². The van der Waals surface area contributed by atoms with Crippen molar-refractivity contribution in [2.75, 3.05) is 19.5 Å². The first-order valence-corrected chi connectivity index (χ1v) is 6.59. The van der Waals surface area contributed by atoms with Crippen molar-refractivity contribution in [1.29, 1.82) is 0 Å². The van der Waals surface area contributed by atoms with E-state index in [1.165, 1.54) is 0 Å². The monoisotopic (exact) mass is 322 g/mol. The van der Waals surface area contributed by atoms with E-state index in [1.807, 2.05) is 24.3 Å². The zero-order valence-corrected chi connectivity index (χ0v) is 12.4. The largest absolute Gasteiger partial charge is 0.493 e. The maximum Gasteiger partial charge on any atom is 0.184 e. The fourth-order valence-corrected chi connectivity index (χ4v) is 1.99. The number of hydrogen-bond acceptors (Lipinski definition) is 4. The van der Waals surface area contributed by atoms with E-state index >= 15 is 0 Å². The van der Waals surface area contributed by atoms with Crippen LogP contribution in [0.1, 0.15) is 5.69 Å².